The van der Waals surface area contributed by atoms with Gasteiger partial charge < -0.3 is 15.0 Å². The minimum atomic E-state index is 0.288. The van der Waals surface area contributed by atoms with Crippen molar-refractivity contribution in [2.45, 2.75) is 20.0 Å². The van der Waals surface area contributed by atoms with Crippen molar-refractivity contribution in [3.63, 3.8) is 0 Å². The lowest BCUT2D eigenvalue weighted by molar-refractivity contribution is 0.283. The van der Waals surface area contributed by atoms with E-state index in [0.29, 0.717) is 18.1 Å². The molecule has 3 aromatic rings. The number of aryl methyl sites for hydroxylation is 1. The Morgan fingerprint density at radius 3 is 2.64 bits per heavy atom. The van der Waals surface area contributed by atoms with E-state index in [2.05, 4.69) is 10.1 Å². The molecular formula is C17H17N3O2. The zero-order valence-corrected chi connectivity index (χ0v) is 12.3. The SMILES string of the molecule is Cc1ccccc1OCc1noc(Cc2ccc(N)cc2)n1. The fourth-order valence-corrected chi connectivity index (χ4v) is 2.09. The molecule has 5 heteroatoms. The first-order valence-electron chi connectivity index (χ1n) is 7.05. The highest BCUT2D eigenvalue weighted by Crippen LogP contribution is 2.17. The number of hydrogen-bond acceptors (Lipinski definition) is 5. The van der Waals surface area contributed by atoms with Gasteiger partial charge in [0.25, 0.3) is 0 Å². The molecule has 2 N–H and O–H groups in total. The van der Waals surface area contributed by atoms with Gasteiger partial charge in [0.1, 0.15) is 5.75 Å². The van der Waals surface area contributed by atoms with Gasteiger partial charge in [-0.25, -0.2) is 0 Å². The number of para-hydroxylation sites is 1. The molecule has 5 nitrogen and oxygen atoms in total. The molecule has 3 rings (SSSR count). The molecule has 0 fully saturated rings. The smallest absolute Gasteiger partial charge is 0.231 e. The maximum atomic E-state index is 5.70. The quantitative estimate of drug-likeness (QED) is 0.732. The van der Waals surface area contributed by atoms with Gasteiger partial charge in [-0.15, -0.1) is 0 Å². The predicted octanol–water partition coefficient (Wildman–Crippen LogP) is 3.13. The molecule has 0 atom stereocenters. The number of anilines is 1. The van der Waals surface area contributed by atoms with E-state index in [1.165, 1.54) is 0 Å². The first kappa shape index (κ1) is 14.1. The number of aromatic nitrogens is 2. The van der Waals surface area contributed by atoms with Crippen LogP contribution >= 0.6 is 0 Å². The van der Waals surface area contributed by atoms with Crippen molar-refractivity contribution in [1.82, 2.24) is 10.1 Å². The highest BCUT2D eigenvalue weighted by Gasteiger charge is 2.08. The molecule has 0 bridgehead atoms. The van der Waals surface area contributed by atoms with Crippen molar-refractivity contribution >= 4 is 5.69 Å². The van der Waals surface area contributed by atoms with E-state index >= 15 is 0 Å². The average Bonchev–Trinajstić information content (AvgIpc) is 2.96. The maximum Gasteiger partial charge on any atom is 0.231 e. The van der Waals surface area contributed by atoms with Crippen LogP contribution < -0.4 is 10.5 Å². The summed E-state index contributed by atoms with van der Waals surface area (Å²) >= 11 is 0. The summed E-state index contributed by atoms with van der Waals surface area (Å²) in [5.74, 6) is 1.93. The van der Waals surface area contributed by atoms with Crippen molar-refractivity contribution in [3.05, 3.63) is 71.4 Å². The van der Waals surface area contributed by atoms with Crippen LogP contribution in [0.4, 0.5) is 5.69 Å². The van der Waals surface area contributed by atoms with E-state index in [0.717, 1.165) is 22.6 Å². The largest absolute Gasteiger partial charge is 0.485 e. The minimum Gasteiger partial charge on any atom is -0.485 e. The Balaban J connectivity index is 1.61. The third-order valence-corrected chi connectivity index (χ3v) is 3.30. The lowest BCUT2D eigenvalue weighted by Gasteiger charge is -2.05. The van der Waals surface area contributed by atoms with Crippen LogP contribution in [-0.2, 0) is 13.0 Å². The van der Waals surface area contributed by atoms with Gasteiger partial charge in [0.2, 0.25) is 11.7 Å². The van der Waals surface area contributed by atoms with E-state index in [1.54, 1.807) is 0 Å². The third-order valence-electron chi connectivity index (χ3n) is 3.30. The molecule has 0 aliphatic heterocycles. The van der Waals surface area contributed by atoms with Crippen LogP contribution in [0, 0.1) is 6.92 Å². The summed E-state index contributed by atoms with van der Waals surface area (Å²) in [4.78, 5) is 4.34. The highest BCUT2D eigenvalue weighted by molar-refractivity contribution is 5.39. The molecular weight excluding hydrogens is 278 g/mol. The fraction of sp³-hybridized carbons (Fsp3) is 0.176. The summed E-state index contributed by atoms with van der Waals surface area (Å²) in [5, 5.41) is 3.94. The van der Waals surface area contributed by atoms with Gasteiger partial charge in [-0.2, -0.15) is 4.98 Å². The summed E-state index contributed by atoms with van der Waals surface area (Å²) < 4.78 is 10.9. The zero-order chi connectivity index (χ0) is 15.4. The van der Waals surface area contributed by atoms with Gasteiger partial charge in [0.15, 0.2) is 6.61 Å². The number of nitrogen functional groups attached to an aromatic ring is 1. The van der Waals surface area contributed by atoms with E-state index in [1.807, 2.05) is 55.5 Å². The molecule has 0 spiro atoms. The second-order valence-corrected chi connectivity index (χ2v) is 5.08. The van der Waals surface area contributed by atoms with Gasteiger partial charge in [0, 0.05) is 5.69 Å². The van der Waals surface area contributed by atoms with E-state index in [9.17, 15) is 0 Å². The monoisotopic (exact) mass is 295 g/mol. The number of rotatable bonds is 5. The molecule has 112 valence electrons. The second-order valence-electron chi connectivity index (χ2n) is 5.08. The standard InChI is InChI=1S/C17H17N3O2/c1-12-4-2-3-5-15(12)21-11-16-19-17(22-20-16)10-13-6-8-14(18)9-7-13/h2-9H,10-11,18H2,1H3. The Morgan fingerprint density at radius 1 is 1.09 bits per heavy atom. The molecule has 0 aliphatic rings. The fourth-order valence-electron chi connectivity index (χ4n) is 2.09. The number of nitrogens with two attached hydrogens (primary N) is 1. The number of nitrogens with zero attached hydrogens (tertiary/aromatic N) is 2. The summed E-state index contributed by atoms with van der Waals surface area (Å²) in [5.41, 5.74) is 8.55. The molecule has 0 radical (unpaired) electrons. The number of benzene rings is 2. The Morgan fingerprint density at radius 2 is 1.86 bits per heavy atom. The lowest BCUT2D eigenvalue weighted by atomic mass is 10.1. The molecule has 0 saturated heterocycles. The Kier molecular flexibility index (Phi) is 4.05. The van der Waals surface area contributed by atoms with Crippen molar-refractivity contribution in [3.8, 4) is 5.75 Å². The van der Waals surface area contributed by atoms with Gasteiger partial charge in [-0.3, -0.25) is 0 Å². The van der Waals surface area contributed by atoms with Crippen LogP contribution in [0.5, 0.6) is 5.75 Å². The average molecular weight is 295 g/mol. The van der Waals surface area contributed by atoms with Crippen molar-refractivity contribution in [1.29, 1.82) is 0 Å². The summed E-state index contributed by atoms with van der Waals surface area (Å²) in [6.45, 7) is 2.29. The zero-order valence-electron chi connectivity index (χ0n) is 12.3. The highest BCUT2D eigenvalue weighted by atomic mass is 16.5. The van der Waals surface area contributed by atoms with E-state index < -0.39 is 0 Å². The molecule has 22 heavy (non-hydrogen) atoms. The van der Waals surface area contributed by atoms with Crippen LogP contribution in [0.25, 0.3) is 0 Å². The van der Waals surface area contributed by atoms with Gasteiger partial charge >= 0.3 is 0 Å². The minimum absolute atomic E-state index is 0.288. The summed E-state index contributed by atoms with van der Waals surface area (Å²) in [7, 11) is 0. The molecule has 0 amide bonds. The number of ether oxygens (including phenoxy) is 1. The molecule has 1 aromatic heterocycles. The first-order valence-corrected chi connectivity index (χ1v) is 7.05. The Labute approximate surface area is 128 Å². The van der Waals surface area contributed by atoms with Gasteiger partial charge in [-0.05, 0) is 36.2 Å². The maximum absolute atomic E-state index is 5.70. The third kappa shape index (κ3) is 3.44. The van der Waals surface area contributed by atoms with Crippen LogP contribution in [0.3, 0.4) is 0 Å². The predicted molar refractivity (Wildman–Crippen MR) is 83.5 cm³/mol. The van der Waals surface area contributed by atoms with Crippen LogP contribution in [0.1, 0.15) is 22.8 Å². The van der Waals surface area contributed by atoms with Gasteiger partial charge in [0.05, 0.1) is 6.42 Å². The summed E-state index contributed by atoms with van der Waals surface area (Å²) in [6.07, 6.45) is 0.581. The number of hydrogen-bond donors (Lipinski definition) is 1. The lowest BCUT2D eigenvalue weighted by Crippen LogP contribution is -1.99. The van der Waals surface area contributed by atoms with Gasteiger partial charge in [-0.1, -0.05) is 35.5 Å². The Bertz CT molecular complexity index is 751. The normalized spacial score (nSPS) is 10.6. The van der Waals surface area contributed by atoms with Crippen molar-refractivity contribution in [2.75, 3.05) is 5.73 Å². The molecule has 0 saturated carbocycles. The first-order chi connectivity index (χ1) is 10.7. The molecule has 0 aliphatic carbocycles. The Hall–Kier alpha value is -2.82. The van der Waals surface area contributed by atoms with Crippen LogP contribution in [0.15, 0.2) is 53.1 Å². The van der Waals surface area contributed by atoms with Crippen molar-refractivity contribution < 1.29 is 9.26 Å². The van der Waals surface area contributed by atoms with Crippen molar-refractivity contribution in [2.24, 2.45) is 0 Å². The molecule has 0 unspecified atom stereocenters. The van der Waals surface area contributed by atoms with Crippen LogP contribution in [0.2, 0.25) is 0 Å². The topological polar surface area (TPSA) is 74.2 Å². The van der Waals surface area contributed by atoms with Crippen LogP contribution in [-0.4, -0.2) is 10.1 Å². The molecule has 1 heterocycles. The second kappa shape index (κ2) is 6.30. The summed E-state index contributed by atoms with van der Waals surface area (Å²) in [6, 6.07) is 15.4. The van der Waals surface area contributed by atoms with E-state index in [4.69, 9.17) is 15.0 Å². The molecule has 2 aromatic carbocycles. The van der Waals surface area contributed by atoms with E-state index in [-0.39, 0.29) is 6.61 Å².